The molecule has 0 aromatic heterocycles. The Labute approximate surface area is 303 Å². The van der Waals surface area contributed by atoms with Crippen LogP contribution in [0.15, 0.2) is 60.7 Å². The zero-order valence-corrected chi connectivity index (χ0v) is 25.6. The first-order valence-corrected chi connectivity index (χ1v) is 14.1. The first kappa shape index (κ1) is 60.9. The van der Waals surface area contributed by atoms with E-state index < -0.39 is 5.97 Å². The van der Waals surface area contributed by atoms with Crippen molar-refractivity contribution in [3.05, 3.63) is 71.8 Å². The van der Waals surface area contributed by atoms with Crippen molar-refractivity contribution in [2.24, 2.45) is 5.92 Å². The van der Waals surface area contributed by atoms with Crippen LogP contribution in [0.5, 0.6) is 11.5 Å². The van der Waals surface area contributed by atoms with Crippen molar-refractivity contribution in [3.8, 4) is 11.5 Å². The van der Waals surface area contributed by atoms with E-state index in [0.717, 1.165) is 22.6 Å². The van der Waals surface area contributed by atoms with Gasteiger partial charge in [-0.15, -0.1) is 0 Å². The summed E-state index contributed by atoms with van der Waals surface area (Å²) >= 11 is 0. The Bertz CT molecular complexity index is 1090. The summed E-state index contributed by atoms with van der Waals surface area (Å²) in [5.41, 5.74) is 2.46. The number of hydrogen-bond donors (Lipinski definition) is 0. The summed E-state index contributed by atoms with van der Waals surface area (Å²) in [6.07, 6.45) is -0.483. The fraction of sp³-hybridized carbons (Fsp3) is 0.610. The predicted octanol–water partition coefficient (Wildman–Crippen LogP) is 11.0. The summed E-state index contributed by atoms with van der Waals surface area (Å²) in [5.74, 6) is 0.740. The predicted molar refractivity (Wildman–Crippen MR) is 212 cm³/mol. The number of ether oxygens (including phenoxy) is 6. The number of carbonyl (C=O) groups excluding carboxylic acids is 2. The minimum atomic E-state index is -0.416. The molecule has 290 valence electrons. The van der Waals surface area contributed by atoms with Gasteiger partial charge in [-0.25, -0.2) is 4.79 Å². The molecule has 0 amide bonds. The maximum atomic E-state index is 11.5. The smallest absolute Gasteiger partial charge is 0.333 e. The van der Waals surface area contributed by atoms with Crippen molar-refractivity contribution in [3.63, 3.8) is 0 Å². The largest absolute Gasteiger partial charge is 0.491 e. The second kappa shape index (κ2) is 30.7. The van der Waals surface area contributed by atoms with Gasteiger partial charge in [0.2, 0.25) is 0 Å². The second-order valence-corrected chi connectivity index (χ2v) is 10.9. The van der Waals surface area contributed by atoms with Crippen molar-refractivity contribution in [1.82, 2.24) is 0 Å². The molecule has 0 aliphatic heterocycles. The lowest BCUT2D eigenvalue weighted by molar-refractivity contribution is -0.149. The highest BCUT2D eigenvalue weighted by atomic mass is 16.6. The van der Waals surface area contributed by atoms with E-state index in [1.807, 2.05) is 31.2 Å². The Balaban J connectivity index is -0.000000441. The summed E-state index contributed by atoms with van der Waals surface area (Å²) in [4.78, 5) is 23.0. The van der Waals surface area contributed by atoms with Crippen LogP contribution < -0.4 is 9.47 Å². The zero-order valence-electron chi connectivity index (χ0n) is 25.6. The molecule has 0 heterocycles. The summed E-state index contributed by atoms with van der Waals surface area (Å²) in [5, 5.41) is 0. The van der Waals surface area contributed by atoms with Gasteiger partial charge in [0.15, 0.2) is 0 Å². The van der Waals surface area contributed by atoms with Crippen LogP contribution in [0.1, 0.15) is 119 Å². The van der Waals surface area contributed by atoms with Gasteiger partial charge >= 0.3 is 11.9 Å². The zero-order chi connectivity index (χ0) is 30.4. The molecule has 2 unspecified atom stereocenters. The van der Waals surface area contributed by atoms with Crippen LogP contribution in [0.25, 0.3) is 0 Å². The molecule has 0 saturated heterocycles. The first-order chi connectivity index (χ1) is 19.4. The van der Waals surface area contributed by atoms with Gasteiger partial charge in [-0.05, 0) is 56.2 Å². The topological polar surface area (TPSA) is 89.5 Å². The Kier molecular flexibility index (Phi) is 38.1. The molecule has 8 heteroatoms. The Morgan fingerprint density at radius 1 is 0.653 bits per heavy atom. The SMILES string of the molecule is C.C.C.C.C.C.C.C.C=C(C)C(=O)OC(C)COCCOc1ccc(C(C)(C)c2ccc(OCC(C)OCCOC(=O)C(C)C)cc2)cc1. The molecule has 0 bridgehead atoms. The van der Waals surface area contributed by atoms with E-state index in [9.17, 15) is 9.59 Å². The van der Waals surface area contributed by atoms with E-state index in [2.05, 4.69) is 44.7 Å². The van der Waals surface area contributed by atoms with Gasteiger partial charge in [0, 0.05) is 11.0 Å². The van der Waals surface area contributed by atoms with Crippen molar-refractivity contribution in [2.75, 3.05) is 39.6 Å². The van der Waals surface area contributed by atoms with E-state index in [0.29, 0.717) is 38.6 Å². The molecule has 0 N–H and O–H groups in total. The minimum absolute atomic E-state index is 0. The molecule has 0 aliphatic rings. The average molecular weight is 699 g/mol. The van der Waals surface area contributed by atoms with E-state index in [1.165, 1.54) is 0 Å². The van der Waals surface area contributed by atoms with Gasteiger partial charge in [-0.2, -0.15) is 0 Å². The molecule has 2 aromatic carbocycles. The van der Waals surface area contributed by atoms with E-state index in [4.69, 9.17) is 28.4 Å². The van der Waals surface area contributed by atoms with Crippen LogP contribution in [-0.2, 0) is 34.0 Å². The first-order valence-electron chi connectivity index (χ1n) is 14.1. The molecule has 49 heavy (non-hydrogen) atoms. The highest BCUT2D eigenvalue weighted by molar-refractivity contribution is 5.87. The lowest BCUT2D eigenvalue weighted by Gasteiger charge is -2.26. The molecule has 2 atom stereocenters. The number of esters is 2. The number of rotatable bonds is 18. The van der Waals surface area contributed by atoms with Crippen LogP contribution in [0, 0.1) is 5.92 Å². The maximum absolute atomic E-state index is 11.5. The third-order valence-corrected chi connectivity index (χ3v) is 6.34. The van der Waals surface area contributed by atoms with Gasteiger partial charge in [-0.3, -0.25) is 4.79 Å². The summed E-state index contributed by atoms with van der Waals surface area (Å²) in [7, 11) is 0. The van der Waals surface area contributed by atoms with Crippen molar-refractivity contribution in [2.45, 2.75) is 126 Å². The van der Waals surface area contributed by atoms with Gasteiger partial charge in [0.1, 0.15) is 37.4 Å². The van der Waals surface area contributed by atoms with Crippen molar-refractivity contribution < 1.29 is 38.0 Å². The Hall–Kier alpha value is -3.36. The van der Waals surface area contributed by atoms with Crippen LogP contribution in [0.4, 0.5) is 0 Å². The van der Waals surface area contributed by atoms with Gasteiger partial charge < -0.3 is 28.4 Å². The molecule has 0 saturated carbocycles. The molecule has 0 radical (unpaired) electrons. The Morgan fingerprint density at radius 2 is 1.12 bits per heavy atom. The normalized spacial score (nSPS) is 10.8. The van der Waals surface area contributed by atoms with Crippen LogP contribution in [0.3, 0.4) is 0 Å². The lowest BCUT2D eigenvalue weighted by atomic mass is 9.78. The monoisotopic (exact) mass is 699 g/mol. The number of hydrogen-bond acceptors (Lipinski definition) is 8. The molecule has 2 aromatic rings. The fourth-order valence-electron chi connectivity index (χ4n) is 3.71. The maximum Gasteiger partial charge on any atom is 0.333 e. The molecular weight excluding hydrogens is 620 g/mol. The molecule has 0 spiro atoms. The van der Waals surface area contributed by atoms with E-state index >= 15 is 0 Å². The van der Waals surface area contributed by atoms with Crippen LogP contribution in [0.2, 0.25) is 0 Å². The third-order valence-electron chi connectivity index (χ3n) is 6.34. The molecule has 0 fully saturated rings. The molecule has 8 nitrogen and oxygen atoms in total. The summed E-state index contributed by atoms with van der Waals surface area (Å²) in [6, 6.07) is 16.1. The van der Waals surface area contributed by atoms with Gasteiger partial charge in [-0.1, -0.05) is 118 Å². The van der Waals surface area contributed by atoms with Gasteiger partial charge in [0.05, 0.1) is 31.8 Å². The Morgan fingerprint density at radius 3 is 1.57 bits per heavy atom. The van der Waals surface area contributed by atoms with Crippen molar-refractivity contribution >= 4 is 11.9 Å². The van der Waals surface area contributed by atoms with Crippen LogP contribution in [-0.4, -0.2) is 63.8 Å². The fourth-order valence-corrected chi connectivity index (χ4v) is 3.71. The molecular formula is C41H78O8. The number of carbonyl (C=O) groups is 2. The lowest BCUT2D eigenvalue weighted by Crippen LogP contribution is -2.22. The number of benzene rings is 2. The highest BCUT2D eigenvalue weighted by Crippen LogP contribution is 2.33. The van der Waals surface area contributed by atoms with Crippen LogP contribution >= 0.6 is 0 Å². The van der Waals surface area contributed by atoms with E-state index in [1.54, 1.807) is 27.7 Å². The molecule has 0 aliphatic carbocycles. The average Bonchev–Trinajstić information content (AvgIpc) is 2.94. The standard InChI is InChI=1S/C33H46O8.8CH4/c1-23(2)31(34)39-20-19-37-25(5)22-40-30-15-11-28(12-16-30)33(7,8)27-9-13-29(14-10-27)38-18-17-36-21-26(6)41-32(35)24(3)4;;;;;;;;/h9-16,23,25-26H,3,17-22H2,1-2,4-8H3;8*1H4. The molecule has 2 rings (SSSR count). The van der Waals surface area contributed by atoms with E-state index in [-0.39, 0.29) is 95.5 Å². The quantitative estimate of drug-likeness (QED) is 0.0863. The van der Waals surface area contributed by atoms with Gasteiger partial charge in [0.25, 0.3) is 0 Å². The minimum Gasteiger partial charge on any atom is -0.491 e. The summed E-state index contributed by atoms with van der Waals surface area (Å²) in [6.45, 7) is 18.9. The summed E-state index contributed by atoms with van der Waals surface area (Å²) < 4.78 is 33.2. The highest BCUT2D eigenvalue weighted by Gasteiger charge is 2.23. The third kappa shape index (κ3) is 22.1. The second-order valence-electron chi connectivity index (χ2n) is 10.9. The van der Waals surface area contributed by atoms with Crippen molar-refractivity contribution in [1.29, 1.82) is 0 Å².